The maximum absolute atomic E-state index is 15.0. The molecule has 4 N–H and O–H groups in total. The number of aromatic hydroxyl groups is 1. The molecule has 4 rings (SSSR count). The number of pyridine rings is 2. The Kier molecular flexibility index (Phi) is 4.48. The highest BCUT2D eigenvalue weighted by atomic mass is 31.0. The van der Waals surface area contributed by atoms with Gasteiger partial charge in [0.05, 0.1) is 18.4 Å². The van der Waals surface area contributed by atoms with Crippen LogP contribution < -0.4 is 21.1 Å². The lowest BCUT2D eigenvalue weighted by molar-refractivity contribution is 0.382. The number of methoxy groups -OCH3 is 1. The third-order valence-electron chi connectivity index (χ3n) is 4.72. The molecule has 0 radical (unpaired) electrons. The fraction of sp³-hybridized carbons (Fsp3) is 0.263. The Labute approximate surface area is 158 Å². The lowest BCUT2D eigenvalue weighted by Gasteiger charge is -2.15. The first kappa shape index (κ1) is 17.7. The monoisotopic (exact) mass is 386 g/mol. The minimum atomic E-state index is -0.580. The number of aromatic nitrogens is 2. The standard InChI is InChI=1S/C19H20FN4O2P/c1-26-14-6-13(25)18(27)16(17(14)20)12-4-10-8-22-15(21)5-11(10)19(24-12)23-7-9-2-3-9/h4-6,8-9,25H,2-3,7,27H2,1H3,(H2,21,22)(H,23,24). The number of nitrogen functional groups attached to an aromatic ring is 1. The molecule has 2 aromatic heterocycles. The number of anilines is 2. The van der Waals surface area contributed by atoms with Crippen molar-refractivity contribution in [1.82, 2.24) is 9.97 Å². The SMILES string of the molecule is COc1cc(O)c(P)c(-c2cc3cnc(N)cc3c(NCC3CC3)n2)c1F. The van der Waals surface area contributed by atoms with Crippen LogP contribution in [0.4, 0.5) is 16.0 Å². The van der Waals surface area contributed by atoms with Crippen LogP contribution in [0.25, 0.3) is 22.0 Å². The Bertz CT molecular complexity index is 1040. The van der Waals surface area contributed by atoms with Crippen LogP contribution in [-0.2, 0) is 0 Å². The first-order valence-electron chi connectivity index (χ1n) is 8.63. The predicted molar refractivity (Wildman–Crippen MR) is 108 cm³/mol. The summed E-state index contributed by atoms with van der Waals surface area (Å²) in [5.74, 6) is 0.943. The molecule has 1 aliphatic carbocycles. The maximum Gasteiger partial charge on any atom is 0.175 e. The Balaban J connectivity index is 1.92. The zero-order chi connectivity index (χ0) is 19.1. The number of halogens is 1. The van der Waals surface area contributed by atoms with E-state index in [-0.39, 0.29) is 17.1 Å². The molecule has 6 nitrogen and oxygen atoms in total. The lowest BCUT2D eigenvalue weighted by Crippen LogP contribution is -2.09. The van der Waals surface area contributed by atoms with Crippen LogP contribution in [0.3, 0.4) is 0 Å². The minimum absolute atomic E-state index is 0.0430. The predicted octanol–water partition coefficient (Wildman–Crippen LogP) is 3.05. The van der Waals surface area contributed by atoms with E-state index < -0.39 is 5.82 Å². The topological polar surface area (TPSA) is 93.3 Å². The van der Waals surface area contributed by atoms with Crippen molar-refractivity contribution in [2.24, 2.45) is 5.92 Å². The van der Waals surface area contributed by atoms with Crippen LogP contribution in [0.5, 0.6) is 11.5 Å². The van der Waals surface area contributed by atoms with Gasteiger partial charge in [-0.3, -0.25) is 0 Å². The van der Waals surface area contributed by atoms with Gasteiger partial charge in [-0.05, 0) is 30.9 Å². The van der Waals surface area contributed by atoms with Gasteiger partial charge in [-0.15, -0.1) is 9.24 Å². The molecule has 140 valence electrons. The van der Waals surface area contributed by atoms with Crippen LogP contribution in [0.15, 0.2) is 24.4 Å². The highest BCUT2D eigenvalue weighted by Crippen LogP contribution is 2.36. The van der Waals surface area contributed by atoms with E-state index in [0.717, 1.165) is 17.3 Å². The van der Waals surface area contributed by atoms with Gasteiger partial charge in [-0.2, -0.15) is 0 Å². The third-order valence-corrected chi connectivity index (χ3v) is 5.30. The van der Waals surface area contributed by atoms with E-state index in [9.17, 15) is 9.50 Å². The first-order valence-corrected chi connectivity index (χ1v) is 9.21. The highest BCUT2D eigenvalue weighted by Gasteiger charge is 2.23. The van der Waals surface area contributed by atoms with E-state index in [0.29, 0.717) is 28.6 Å². The normalized spacial score (nSPS) is 13.7. The second-order valence-corrected chi connectivity index (χ2v) is 7.29. The summed E-state index contributed by atoms with van der Waals surface area (Å²) in [4.78, 5) is 8.77. The zero-order valence-electron chi connectivity index (χ0n) is 14.8. The van der Waals surface area contributed by atoms with Gasteiger partial charge in [-0.25, -0.2) is 14.4 Å². The van der Waals surface area contributed by atoms with Gasteiger partial charge in [0.1, 0.15) is 17.4 Å². The molecular formula is C19H20FN4O2P. The Hall–Kier alpha value is -2.66. The van der Waals surface area contributed by atoms with Crippen molar-refractivity contribution in [3.05, 3.63) is 30.2 Å². The molecule has 3 aromatic rings. The molecule has 1 fully saturated rings. The molecule has 1 saturated carbocycles. The van der Waals surface area contributed by atoms with Gasteiger partial charge in [0.2, 0.25) is 0 Å². The van der Waals surface area contributed by atoms with Crippen LogP contribution in [0, 0.1) is 11.7 Å². The molecule has 0 amide bonds. The molecule has 1 aliphatic rings. The van der Waals surface area contributed by atoms with Gasteiger partial charge >= 0.3 is 0 Å². The van der Waals surface area contributed by atoms with Crippen molar-refractivity contribution >= 4 is 37.0 Å². The van der Waals surface area contributed by atoms with Crippen molar-refractivity contribution in [3.63, 3.8) is 0 Å². The van der Waals surface area contributed by atoms with Gasteiger partial charge < -0.3 is 20.9 Å². The van der Waals surface area contributed by atoms with Crippen LogP contribution >= 0.6 is 9.24 Å². The number of phenolic OH excluding ortho intramolecular Hbond substituents is 1. The van der Waals surface area contributed by atoms with Gasteiger partial charge in [0.25, 0.3) is 0 Å². The number of fused-ring (bicyclic) bond motifs is 1. The van der Waals surface area contributed by atoms with Crippen molar-refractivity contribution in [3.8, 4) is 22.8 Å². The number of nitrogens with zero attached hydrogens (tertiary/aromatic N) is 2. The molecule has 0 spiro atoms. The van der Waals surface area contributed by atoms with E-state index in [1.54, 1.807) is 18.3 Å². The Morgan fingerprint density at radius 1 is 1.37 bits per heavy atom. The Morgan fingerprint density at radius 3 is 2.85 bits per heavy atom. The lowest BCUT2D eigenvalue weighted by atomic mass is 10.1. The first-order chi connectivity index (χ1) is 13.0. The van der Waals surface area contributed by atoms with Gasteiger partial charge in [-0.1, -0.05) is 0 Å². The van der Waals surface area contributed by atoms with Crippen LogP contribution in [0.2, 0.25) is 0 Å². The number of benzene rings is 1. The molecule has 2 heterocycles. The number of phenols is 1. The number of ether oxygens (including phenoxy) is 1. The van der Waals surface area contributed by atoms with Gasteiger partial charge in [0, 0.05) is 34.9 Å². The fourth-order valence-corrected chi connectivity index (χ4v) is 3.38. The largest absolute Gasteiger partial charge is 0.507 e. The summed E-state index contributed by atoms with van der Waals surface area (Å²) in [6.07, 6.45) is 4.03. The number of nitrogens with one attached hydrogen (secondary N) is 1. The molecule has 0 aliphatic heterocycles. The molecule has 0 bridgehead atoms. The summed E-state index contributed by atoms with van der Waals surface area (Å²) in [7, 11) is 3.72. The molecular weight excluding hydrogens is 366 g/mol. The van der Waals surface area contributed by atoms with Crippen molar-refractivity contribution in [2.75, 3.05) is 24.7 Å². The molecule has 1 atom stereocenters. The van der Waals surface area contributed by atoms with E-state index in [1.807, 2.05) is 0 Å². The number of rotatable bonds is 5. The molecule has 1 unspecified atom stereocenters. The average molecular weight is 386 g/mol. The summed E-state index contributed by atoms with van der Waals surface area (Å²) in [5.41, 5.74) is 6.39. The second kappa shape index (κ2) is 6.82. The summed E-state index contributed by atoms with van der Waals surface area (Å²) in [6, 6.07) is 4.73. The molecule has 0 saturated heterocycles. The van der Waals surface area contributed by atoms with Gasteiger partial charge in [0.15, 0.2) is 11.6 Å². The van der Waals surface area contributed by atoms with E-state index >= 15 is 0 Å². The number of nitrogens with two attached hydrogens (primary N) is 1. The fourth-order valence-electron chi connectivity index (χ4n) is 3.02. The summed E-state index contributed by atoms with van der Waals surface area (Å²) in [6.45, 7) is 0.799. The zero-order valence-corrected chi connectivity index (χ0v) is 15.9. The highest BCUT2D eigenvalue weighted by molar-refractivity contribution is 7.28. The summed E-state index contributed by atoms with van der Waals surface area (Å²) < 4.78 is 20.0. The molecule has 8 heteroatoms. The van der Waals surface area contributed by atoms with E-state index in [1.165, 1.54) is 26.0 Å². The number of hydrogen-bond donors (Lipinski definition) is 3. The van der Waals surface area contributed by atoms with Crippen LogP contribution in [0.1, 0.15) is 12.8 Å². The molecule has 27 heavy (non-hydrogen) atoms. The smallest absolute Gasteiger partial charge is 0.175 e. The quantitative estimate of drug-likeness (QED) is 0.584. The number of hydrogen-bond acceptors (Lipinski definition) is 6. The summed E-state index contributed by atoms with van der Waals surface area (Å²) >= 11 is 0. The minimum Gasteiger partial charge on any atom is -0.507 e. The molecule has 1 aromatic carbocycles. The third kappa shape index (κ3) is 3.35. The van der Waals surface area contributed by atoms with Crippen molar-refractivity contribution in [1.29, 1.82) is 0 Å². The van der Waals surface area contributed by atoms with E-state index in [2.05, 4.69) is 24.5 Å². The van der Waals surface area contributed by atoms with Crippen LogP contribution in [-0.4, -0.2) is 28.7 Å². The second-order valence-electron chi connectivity index (χ2n) is 6.71. The van der Waals surface area contributed by atoms with E-state index in [4.69, 9.17) is 10.5 Å². The van der Waals surface area contributed by atoms with Crippen molar-refractivity contribution < 1.29 is 14.2 Å². The van der Waals surface area contributed by atoms with Crippen molar-refractivity contribution in [2.45, 2.75) is 12.8 Å². The average Bonchev–Trinajstić information content (AvgIpc) is 3.47. The maximum atomic E-state index is 15.0. The summed E-state index contributed by atoms with van der Waals surface area (Å²) in [5, 5.41) is 15.4. The Morgan fingerprint density at radius 2 is 2.15 bits per heavy atom.